The van der Waals surface area contributed by atoms with Gasteiger partial charge in [-0.15, -0.1) is 0 Å². The second-order valence-corrected chi connectivity index (χ2v) is 8.11. The van der Waals surface area contributed by atoms with E-state index in [9.17, 15) is 44.6 Å². The summed E-state index contributed by atoms with van der Waals surface area (Å²) in [5, 5.41) is 9.66. The summed E-state index contributed by atoms with van der Waals surface area (Å²) < 4.78 is 124. The van der Waals surface area contributed by atoms with Crippen LogP contribution < -0.4 is 9.64 Å². The van der Waals surface area contributed by atoms with Gasteiger partial charge in [-0.1, -0.05) is 48.5 Å². The van der Waals surface area contributed by atoms with Gasteiger partial charge in [0.1, 0.15) is 11.5 Å². The van der Waals surface area contributed by atoms with E-state index in [4.69, 9.17) is 4.74 Å². The van der Waals surface area contributed by atoms with E-state index < -0.39 is 49.2 Å². The topological polar surface area (TPSA) is 32.7 Å². The fourth-order valence-electron chi connectivity index (χ4n) is 3.60. The summed E-state index contributed by atoms with van der Waals surface area (Å²) in [5.41, 5.74) is -1.14. The largest absolute Gasteiger partial charge is 0.457 e. The van der Waals surface area contributed by atoms with E-state index in [1.807, 2.05) is 0 Å². The van der Waals surface area contributed by atoms with Crippen molar-refractivity contribution < 1.29 is 49.4 Å². The van der Waals surface area contributed by atoms with E-state index in [-0.39, 0.29) is 17.0 Å². The summed E-state index contributed by atoms with van der Waals surface area (Å²) in [6.07, 6.45) is -19.1. The summed E-state index contributed by atoms with van der Waals surface area (Å²) in [7, 11) is 0. The van der Waals surface area contributed by atoms with Crippen molar-refractivity contribution in [3.8, 4) is 11.5 Å². The quantitative estimate of drug-likeness (QED) is 0.300. The van der Waals surface area contributed by atoms with Crippen molar-refractivity contribution in [2.24, 2.45) is 0 Å². The van der Waals surface area contributed by atoms with Crippen molar-refractivity contribution in [1.82, 2.24) is 0 Å². The van der Waals surface area contributed by atoms with E-state index in [0.717, 1.165) is 11.0 Å². The molecule has 0 unspecified atom stereocenters. The number of benzene rings is 3. The molecule has 12 heteroatoms. The van der Waals surface area contributed by atoms with Crippen molar-refractivity contribution in [1.29, 1.82) is 0 Å². The van der Waals surface area contributed by atoms with Gasteiger partial charge in [-0.05, 0) is 35.4 Å². The van der Waals surface area contributed by atoms with Crippen molar-refractivity contribution in [3.05, 3.63) is 90.0 Å². The standard InChI is InChI=1S/C25H20F9NO2/c26-23(27,28)21(36)15-35(18-8-5-11-20(13-18)37-19-9-2-1-3-10-19)14-16-6-4-7-17(12-16)22(24(29,30)31)25(32,33)34/h1-13,21-22,36H,14-15H2/t21-/m1/s1. The van der Waals surface area contributed by atoms with E-state index in [0.29, 0.717) is 17.9 Å². The zero-order valence-electron chi connectivity index (χ0n) is 18.8. The third-order valence-electron chi connectivity index (χ3n) is 5.25. The molecule has 0 amide bonds. The third kappa shape index (κ3) is 7.78. The van der Waals surface area contributed by atoms with E-state index in [2.05, 4.69) is 0 Å². The Bertz CT molecular complexity index is 1150. The molecule has 1 N–H and O–H groups in total. The van der Waals surface area contributed by atoms with Gasteiger partial charge in [-0.25, -0.2) is 0 Å². The zero-order valence-corrected chi connectivity index (χ0v) is 18.8. The van der Waals surface area contributed by atoms with Crippen LogP contribution in [0.4, 0.5) is 45.2 Å². The summed E-state index contributed by atoms with van der Waals surface area (Å²) in [6.45, 7) is -1.57. The van der Waals surface area contributed by atoms with Gasteiger partial charge in [-0.3, -0.25) is 0 Å². The highest BCUT2D eigenvalue weighted by atomic mass is 19.4. The van der Waals surface area contributed by atoms with E-state index >= 15 is 0 Å². The first-order valence-electron chi connectivity index (χ1n) is 10.7. The zero-order chi connectivity index (χ0) is 27.4. The average molecular weight is 537 g/mol. The molecule has 1 atom stereocenters. The molecule has 0 saturated heterocycles. The van der Waals surface area contributed by atoms with Crippen LogP contribution in [-0.4, -0.2) is 36.3 Å². The summed E-state index contributed by atoms with van der Waals surface area (Å²) >= 11 is 0. The summed E-state index contributed by atoms with van der Waals surface area (Å²) in [4.78, 5) is 0.991. The minimum atomic E-state index is -5.63. The van der Waals surface area contributed by atoms with Gasteiger partial charge in [0.2, 0.25) is 0 Å². The highest BCUT2D eigenvalue weighted by Gasteiger charge is 2.57. The van der Waals surface area contributed by atoms with Crippen LogP contribution in [0.3, 0.4) is 0 Å². The maximum atomic E-state index is 13.2. The lowest BCUT2D eigenvalue weighted by Crippen LogP contribution is -2.41. The van der Waals surface area contributed by atoms with Crippen molar-refractivity contribution in [3.63, 3.8) is 0 Å². The maximum absolute atomic E-state index is 13.2. The Morgan fingerprint density at radius 2 is 1.27 bits per heavy atom. The Hall–Kier alpha value is -3.41. The predicted octanol–water partition coefficient (Wildman–Crippen LogP) is 7.62. The monoisotopic (exact) mass is 537 g/mol. The van der Waals surface area contributed by atoms with Crippen LogP contribution in [0.2, 0.25) is 0 Å². The lowest BCUT2D eigenvalue weighted by atomic mass is 9.96. The highest BCUT2D eigenvalue weighted by Crippen LogP contribution is 2.46. The van der Waals surface area contributed by atoms with Crippen molar-refractivity contribution >= 4 is 5.69 Å². The first-order chi connectivity index (χ1) is 17.1. The molecule has 0 saturated carbocycles. The third-order valence-corrected chi connectivity index (χ3v) is 5.25. The lowest BCUT2D eigenvalue weighted by molar-refractivity contribution is -0.253. The number of halogens is 9. The first-order valence-corrected chi connectivity index (χ1v) is 10.7. The number of para-hydroxylation sites is 1. The number of rotatable bonds is 8. The van der Waals surface area contributed by atoms with Crippen molar-refractivity contribution in [2.75, 3.05) is 11.4 Å². The van der Waals surface area contributed by atoms with Crippen LogP contribution in [-0.2, 0) is 6.54 Å². The lowest BCUT2D eigenvalue weighted by Gasteiger charge is -2.29. The van der Waals surface area contributed by atoms with E-state index in [1.54, 1.807) is 30.3 Å². The first kappa shape index (κ1) is 28.2. The molecule has 200 valence electrons. The van der Waals surface area contributed by atoms with Gasteiger partial charge in [0.05, 0.1) is 6.54 Å². The van der Waals surface area contributed by atoms with Gasteiger partial charge < -0.3 is 14.7 Å². The van der Waals surface area contributed by atoms with E-state index in [1.165, 1.54) is 30.3 Å². The number of nitrogens with zero attached hydrogens (tertiary/aromatic N) is 1. The molecule has 0 aliphatic heterocycles. The molecular weight excluding hydrogens is 517 g/mol. The summed E-state index contributed by atoms with van der Waals surface area (Å²) in [5.74, 6) is -3.14. The molecule has 3 aromatic rings. The highest BCUT2D eigenvalue weighted by molar-refractivity contribution is 5.52. The summed E-state index contributed by atoms with van der Waals surface area (Å²) in [6, 6.07) is 17.5. The van der Waals surface area contributed by atoms with Gasteiger partial charge in [-0.2, -0.15) is 39.5 Å². The minimum absolute atomic E-state index is 0.0883. The SMILES string of the molecule is O[C@H](CN(Cc1cccc(C(C(F)(F)F)C(F)(F)F)c1)c1cccc(Oc2ccccc2)c1)C(F)(F)F. The van der Waals surface area contributed by atoms with Crippen molar-refractivity contribution in [2.45, 2.75) is 37.1 Å². The number of alkyl halides is 9. The average Bonchev–Trinajstić information content (AvgIpc) is 2.77. The fraction of sp³-hybridized carbons (Fsp3) is 0.280. The second kappa shape index (κ2) is 10.9. The number of hydrogen-bond donors (Lipinski definition) is 1. The molecule has 3 nitrogen and oxygen atoms in total. The van der Waals surface area contributed by atoms with Crippen LogP contribution >= 0.6 is 0 Å². The number of aliphatic hydroxyl groups is 1. The Balaban J connectivity index is 1.96. The molecule has 0 aliphatic carbocycles. The number of anilines is 1. The van der Waals surface area contributed by atoms with Gasteiger partial charge >= 0.3 is 18.5 Å². The minimum Gasteiger partial charge on any atom is -0.457 e. The molecule has 3 rings (SSSR count). The number of aliphatic hydroxyl groups excluding tert-OH is 1. The van der Waals surface area contributed by atoms with Crippen LogP contribution in [0, 0.1) is 0 Å². The number of hydrogen-bond acceptors (Lipinski definition) is 3. The van der Waals surface area contributed by atoms with Gasteiger partial charge in [0.25, 0.3) is 0 Å². The molecule has 0 spiro atoms. The van der Waals surface area contributed by atoms with Crippen LogP contribution in [0.25, 0.3) is 0 Å². The Labute approximate surface area is 205 Å². The molecule has 0 bridgehead atoms. The molecule has 0 heterocycles. The van der Waals surface area contributed by atoms with Crippen LogP contribution in [0.15, 0.2) is 78.9 Å². The fourth-order valence-corrected chi connectivity index (χ4v) is 3.60. The number of ether oxygens (including phenoxy) is 1. The van der Waals surface area contributed by atoms with Crippen LogP contribution in [0.1, 0.15) is 17.0 Å². The Morgan fingerprint density at radius 3 is 1.86 bits per heavy atom. The Morgan fingerprint density at radius 1 is 0.676 bits per heavy atom. The maximum Gasteiger partial charge on any atom is 0.416 e. The second-order valence-electron chi connectivity index (χ2n) is 8.11. The molecule has 0 aromatic heterocycles. The van der Waals surface area contributed by atoms with Gasteiger partial charge in [0.15, 0.2) is 12.0 Å². The molecule has 0 radical (unpaired) electrons. The molecule has 37 heavy (non-hydrogen) atoms. The van der Waals surface area contributed by atoms with Crippen LogP contribution in [0.5, 0.6) is 11.5 Å². The molecule has 0 fully saturated rings. The smallest absolute Gasteiger partial charge is 0.416 e. The molecule has 3 aromatic carbocycles. The normalized spacial score (nSPS) is 13.5. The Kier molecular flexibility index (Phi) is 8.31. The molecular formula is C25H20F9NO2. The predicted molar refractivity (Wildman–Crippen MR) is 117 cm³/mol. The van der Waals surface area contributed by atoms with Gasteiger partial charge in [0, 0.05) is 18.3 Å². The molecule has 0 aliphatic rings.